The number of rotatable bonds is 3. The Kier molecular flexibility index (Phi) is 4.61. The van der Waals surface area contributed by atoms with Crippen LogP contribution in [0.25, 0.3) is 0 Å². The Hall–Kier alpha value is -2.10. The monoisotopic (exact) mass is 407 g/mol. The largest absolute Gasteiger partial charge is 0.496 e. The fourth-order valence-electron chi connectivity index (χ4n) is 7.80. The zero-order valence-electron chi connectivity index (χ0n) is 18.3. The number of carbonyl (C=O) groups is 2. The minimum atomic E-state index is 0.0445. The third-order valence-electron chi connectivity index (χ3n) is 9.37. The van der Waals surface area contributed by atoms with E-state index in [1.165, 1.54) is 0 Å². The minimum Gasteiger partial charge on any atom is -0.496 e. The first-order valence-corrected chi connectivity index (χ1v) is 11.6. The highest BCUT2D eigenvalue weighted by Gasteiger charge is 2.60. The third-order valence-corrected chi connectivity index (χ3v) is 9.37. The van der Waals surface area contributed by atoms with E-state index in [-0.39, 0.29) is 34.5 Å². The van der Waals surface area contributed by atoms with Gasteiger partial charge in [0.1, 0.15) is 5.75 Å². The molecule has 0 bridgehead atoms. The van der Waals surface area contributed by atoms with Crippen molar-refractivity contribution in [2.75, 3.05) is 7.11 Å². The number of benzene rings is 1. The molecule has 0 spiro atoms. The highest BCUT2D eigenvalue weighted by Crippen LogP contribution is 2.65. The predicted octanol–water partition coefficient (Wildman–Crippen LogP) is 4.79. The molecule has 0 saturated heterocycles. The summed E-state index contributed by atoms with van der Waals surface area (Å²) in [6.45, 7) is 4.73. The summed E-state index contributed by atoms with van der Waals surface area (Å²) in [4.78, 5) is 25.5. The highest BCUT2D eigenvalue weighted by atomic mass is 16.5. The van der Waals surface area contributed by atoms with Crippen LogP contribution in [-0.2, 0) is 4.79 Å². The maximum absolute atomic E-state index is 13.6. The Morgan fingerprint density at radius 1 is 1.07 bits per heavy atom. The fourth-order valence-corrected chi connectivity index (χ4v) is 7.80. The molecule has 0 aromatic heterocycles. The average Bonchev–Trinajstić information content (AvgIpc) is 3.11. The van der Waals surface area contributed by atoms with Gasteiger partial charge in [-0.25, -0.2) is 0 Å². The number of hydrogen-bond donors (Lipinski definition) is 1. The molecule has 4 nitrogen and oxygen atoms in total. The first-order chi connectivity index (χ1) is 14.4. The van der Waals surface area contributed by atoms with Gasteiger partial charge in [-0.05, 0) is 79.9 Å². The molecule has 160 valence electrons. The van der Waals surface area contributed by atoms with E-state index in [2.05, 4.69) is 25.2 Å². The van der Waals surface area contributed by atoms with Gasteiger partial charge in [-0.3, -0.25) is 9.59 Å². The van der Waals surface area contributed by atoms with Gasteiger partial charge in [-0.15, -0.1) is 0 Å². The van der Waals surface area contributed by atoms with Gasteiger partial charge >= 0.3 is 0 Å². The molecule has 1 amide bonds. The summed E-state index contributed by atoms with van der Waals surface area (Å²) in [6, 6.07) is 7.94. The summed E-state index contributed by atoms with van der Waals surface area (Å²) >= 11 is 0. The zero-order valence-corrected chi connectivity index (χ0v) is 18.3. The van der Waals surface area contributed by atoms with Crippen LogP contribution in [0.1, 0.15) is 62.7 Å². The van der Waals surface area contributed by atoms with E-state index >= 15 is 0 Å². The summed E-state index contributed by atoms with van der Waals surface area (Å²) in [7, 11) is 1.64. The number of carbonyl (C=O) groups excluding carboxylic acids is 2. The van der Waals surface area contributed by atoms with Crippen LogP contribution >= 0.6 is 0 Å². The average molecular weight is 408 g/mol. The Balaban J connectivity index is 1.44. The number of amides is 1. The quantitative estimate of drug-likeness (QED) is 0.733. The molecule has 0 radical (unpaired) electrons. The van der Waals surface area contributed by atoms with Gasteiger partial charge < -0.3 is 10.1 Å². The lowest BCUT2D eigenvalue weighted by Gasteiger charge is -2.58. The molecular weight excluding hydrogens is 374 g/mol. The van der Waals surface area contributed by atoms with Gasteiger partial charge in [0, 0.05) is 17.4 Å². The second kappa shape index (κ2) is 6.96. The first-order valence-electron chi connectivity index (χ1n) is 11.6. The van der Waals surface area contributed by atoms with Gasteiger partial charge in [0.25, 0.3) is 0 Å². The second-order valence-electron chi connectivity index (χ2n) is 10.5. The van der Waals surface area contributed by atoms with Gasteiger partial charge in [-0.1, -0.05) is 32.1 Å². The molecule has 1 aromatic carbocycles. The van der Waals surface area contributed by atoms with Crippen molar-refractivity contribution in [1.29, 1.82) is 0 Å². The van der Waals surface area contributed by atoms with Gasteiger partial charge in [0.05, 0.1) is 12.7 Å². The van der Waals surface area contributed by atoms with Crippen molar-refractivity contribution in [3.8, 4) is 5.75 Å². The van der Waals surface area contributed by atoms with E-state index in [0.717, 1.165) is 44.1 Å². The number of hydrogen-bond acceptors (Lipinski definition) is 3. The second-order valence-corrected chi connectivity index (χ2v) is 10.5. The van der Waals surface area contributed by atoms with Crippen molar-refractivity contribution in [1.82, 2.24) is 5.32 Å². The lowest BCUT2D eigenvalue weighted by Crippen LogP contribution is -2.59. The Bertz CT molecular complexity index is 907. The smallest absolute Gasteiger partial charge is 0.243 e. The summed E-state index contributed by atoms with van der Waals surface area (Å²) in [5, 5.41) is 3.23. The van der Waals surface area contributed by atoms with E-state index < -0.39 is 0 Å². The molecule has 5 rings (SSSR count). The van der Waals surface area contributed by atoms with E-state index in [0.29, 0.717) is 23.5 Å². The Morgan fingerprint density at radius 3 is 2.67 bits per heavy atom. The van der Waals surface area contributed by atoms with Crippen LogP contribution in [0, 0.1) is 34.5 Å². The molecule has 1 aliphatic heterocycles. The number of Topliss-reactive ketones (excluding diaryl/α,β-unsaturated/α-hetero) is 1. The van der Waals surface area contributed by atoms with Crippen molar-refractivity contribution >= 4 is 11.7 Å². The van der Waals surface area contributed by atoms with Gasteiger partial charge in [-0.2, -0.15) is 0 Å². The molecule has 1 aromatic rings. The highest BCUT2D eigenvalue weighted by molar-refractivity contribution is 6.01. The maximum atomic E-state index is 13.6. The zero-order chi connectivity index (χ0) is 21.1. The molecule has 4 aliphatic rings. The molecule has 3 saturated carbocycles. The van der Waals surface area contributed by atoms with Crippen LogP contribution in [0.4, 0.5) is 0 Å². The van der Waals surface area contributed by atoms with Gasteiger partial charge in [0.2, 0.25) is 5.91 Å². The fraction of sp³-hybridized carbons (Fsp3) is 0.615. The number of fused-ring (bicyclic) bond motifs is 5. The van der Waals surface area contributed by atoms with E-state index in [1.807, 2.05) is 24.3 Å². The number of methoxy groups -OCH3 is 1. The molecule has 7 atom stereocenters. The maximum Gasteiger partial charge on any atom is 0.243 e. The Morgan fingerprint density at radius 2 is 1.87 bits per heavy atom. The van der Waals surface area contributed by atoms with Crippen LogP contribution in [0.3, 0.4) is 0 Å². The molecule has 30 heavy (non-hydrogen) atoms. The lowest BCUT2D eigenvalue weighted by atomic mass is 9.47. The lowest BCUT2D eigenvalue weighted by molar-refractivity contribution is -0.122. The molecule has 3 aliphatic carbocycles. The van der Waals surface area contributed by atoms with Crippen molar-refractivity contribution in [3.05, 3.63) is 42.0 Å². The van der Waals surface area contributed by atoms with Crippen LogP contribution in [0.15, 0.2) is 36.4 Å². The summed E-state index contributed by atoms with van der Waals surface area (Å²) in [5.41, 5.74) is 0.843. The summed E-state index contributed by atoms with van der Waals surface area (Å²) in [5.74, 6) is 2.90. The van der Waals surface area contributed by atoms with Crippen molar-refractivity contribution < 1.29 is 14.3 Å². The minimum absolute atomic E-state index is 0.0445. The van der Waals surface area contributed by atoms with Crippen molar-refractivity contribution in [2.45, 2.75) is 58.4 Å². The standard InChI is InChI=1S/C26H33NO3/c1-25-14-12-19-16(8-11-22-26(19,2)15-13-23(28)27-22)18(25)9-10-20(25)24(29)17-6-4-5-7-21(17)30-3/h4-7,13,15-16,18-20,22H,8-12,14H2,1-3H3,(H,27,28)/t16-,18-,19+,20?,22?,25-,26+/m0/s1. The van der Waals surface area contributed by atoms with Crippen LogP contribution in [-0.4, -0.2) is 24.8 Å². The molecule has 4 heteroatoms. The predicted molar refractivity (Wildman–Crippen MR) is 116 cm³/mol. The summed E-state index contributed by atoms with van der Waals surface area (Å²) < 4.78 is 5.50. The van der Waals surface area contributed by atoms with Crippen LogP contribution in [0.5, 0.6) is 5.75 Å². The molecule has 1 N–H and O–H groups in total. The normalized spacial score (nSPS) is 42.0. The number of nitrogens with one attached hydrogen (secondary N) is 1. The molecular formula is C26H33NO3. The van der Waals surface area contributed by atoms with Gasteiger partial charge in [0.15, 0.2) is 5.78 Å². The number of ketones is 1. The molecule has 1 heterocycles. The molecule has 3 fully saturated rings. The molecule has 2 unspecified atom stereocenters. The van der Waals surface area contributed by atoms with E-state index in [9.17, 15) is 9.59 Å². The SMILES string of the molecule is COc1ccccc1C(=O)C1CC[C@H]2[C@@H]3CCC4NC(=O)C=C[C@]4(C)[C@@H]3CC[C@]12C. The van der Waals surface area contributed by atoms with Crippen LogP contribution in [0.2, 0.25) is 0 Å². The van der Waals surface area contributed by atoms with E-state index in [1.54, 1.807) is 13.2 Å². The van der Waals surface area contributed by atoms with Crippen LogP contribution < -0.4 is 10.1 Å². The first kappa shape index (κ1) is 19.8. The van der Waals surface area contributed by atoms with Crippen molar-refractivity contribution in [3.63, 3.8) is 0 Å². The topological polar surface area (TPSA) is 55.4 Å². The number of ether oxygens (including phenoxy) is 1. The number of para-hydroxylation sites is 1. The summed E-state index contributed by atoms with van der Waals surface area (Å²) in [6.07, 6.45) is 10.5. The third kappa shape index (κ3) is 2.72. The Labute approximate surface area is 179 Å². The van der Waals surface area contributed by atoms with Crippen molar-refractivity contribution in [2.24, 2.45) is 34.5 Å². The van der Waals surface area contributed by atoms with E-state index in [4.69, 9.17) is 4.74 Å².